The summed E-state index contributed by atoms with van der Waals surface area (Å²) in [5, 5.41) is 2.03. The largest absolute Gasteiger partial charge is 0.493 e. The summed E-state index contributed by atoms with van der Waals surface area (Å²) >= 11 is 0. The predicted octanol–water partition coefficient (Wildman–Crippen LogP) is 1.69. The Bertz CT molecular complexity index is 493. The molecule has 1 N–H and O–H groups in total. The predicted molar refractivity (Wildman–Crippen MR) is 60.2 cm³/mol. The number of alkyl carbamates (subject to hydrolysis) is 1. The van der Waals surface area contributed by atoms with E-state index in [9.17, 15) is 9.59 Å². The standard InChI is InChI=1S/C12H11NO4/c1-2-16-9-6-4-3-5-8(9)7-10-11(14)13-12(15)17-10/h3-7H,2H2,1H3,(H,13,14,15)/b10-7+. The van der Waals surface area contributed by atoms with Crippen molar-refractivity contribution in [2.75, 3.05) is 6.61 Å². The normalized spacial score (nSPS) is 16.9. The zero-order valence-electron chi connectivity index (χ0n) is 9.23. The molecule has 1 aromatic rings. The van der Waals surface area contributed by atoms with Crippen LogP contribution in [0.25, 0.3) is 6.08 Å². The zero-order valence-corrected chi connectivity index (χ0v) is 9.23. The Hall–Kier alpha value is -2.30. The van der Waals surface area contributed by atoms with Crippen molar-refractivity contribution < 1.29 is 19.1 Å². The van der Waals surface area contributed by atoms with Crippen LogP contribution in [-0.2, 0) is 9.53 Å². The van der Waals surface area contributed by atoms with Gasteiger partial charge in [0.1, 0.15) is 5.75 Å². The highest BCUT2D eigenvalue weighted by Gasteiger charge is 2.26. The summed E-state index contributed by atoms with van der Waals surface area (Å²) in [6.45, 7) is 2.39. The van der Waals surface area contributed by atoms with Crippen molar-refractivity contribution in [1.82, 2.24) is 5.32 Å². The summed E-state index contributed by atoms with van der Waals surface area (Å²) < 4.78 is 10.1. The van der Waals surface area contributed by atoms with Crippen molar-refractivity contribution in [2.45, 2.75) is 6.92 Å². The number of carbonyl (C=O) groups excluding carboxylic acids is 2. The molecule has 1 heterocycles. The van der Waals surface area contributed by atoms with Gasteiger partial charge in [0.15, 0.2) is 5.76 Å². The number of imide groups is 1. The number of para-hydroxylation sites is 1. The topological polar surface area (TPSA) is 64.6 Å². The lowest BCUT2D eigenvalue weighted by molar-refractivity contribution is -0.116. The van der Waals surface area contributed by atoms with E-state index in [1.165, 1.54) is 6.08 Å². The summed E-state index contributed by atoms with van der Waals surface area (Å²) in [5.74, 6) is 0.0710. The van der Waals surface area contributed by atoms with Crippen molar-refractivity contribution in [3.63, 3.8) is 0 Å². The Kier molecular flexibility index (Phi) is 3.09. The van der Waals surface area contributed by atoms with E-state index < -0.39 is 12.0 Å². The van der Waals surface area contributed by atoms with Crippen molar-refractivity contribution in [1.29, 1.82) is 0 Å². The molecule has 0 aliphatic carbocycles. The van der Waals surface area contributed by atoms with E-state index in [1.54, 1.807) is 12.1 Å². The molecule has 0 atom stereocenters. The molecule has 1 fully saturated rings. The third-order valence-electron chi connectivity index (χ3n) is 2.15. The van der Waals surface area contributed by atoms with Crippen LogP contribution in [0.3, 0.4) is 0 Å². The molecule has 5 nitrogen and oxygen atoms in total. The number of cyclic esters (lactones) is 1. The molecule has 0 saturated carbocycles. The molecule has 0 unspecified atom stereocenters. The molecule has 2 rings (SSSR count). The van der Waals surface area contributed by atoms with Crippen LogP contribution in [-0.4, -0.2) is 18.6 Å². The van der Waals surface area contributed by atoms with Crippen molar-refractivity contribution in [3.05, 3.63) is 35.6 Å². The molecular formula is C12H11NO4. The van der Waals surface area contributed by atoms with Crippen LogP contribution < -0.4 is 10.1 Å². The number of carbonyl (C=O) groups is 2. The molecule has 1 aromatic carbocycles. The number of nitrogens with one attached hydrogen (secondary N) is 1. The van der Waals surface area contributed by atoms with Gasteiger partial charge >= 0.3 is 6.09 Å². The maximum absolute atomic E-state index is 11.3. The average Bonchev–Trinajstić information content (AvgIpc) is 2.61. The van der Waals surface area contributed by atoms with Crippen LogP contribution in [0.5, 0.6) is 5.75 Å². The van der Waals surface area contributed by atoms with Crippen molar-refractivity contribution in [2.24, 2.45) is 0 Å². The number of ether oxygens (including phenoxy) is 2. The van der Waals surface area contributed by atoms with Gasteiger partial charge in [0.2, 0.25) is 0 Å². The molecular weight excluding hydrogens is 222 g/mol. The Labute approximate surface area is 98.0 Å². The van der Waals surface area contributed by atoms with E-state index in [4.69, 9.17) is 9.47 Å². The minimum atomic E-state index is -0.754. The second-order valence-electron chi connectivity index (χ2n) is 3.32. The van der Waals surface area contributed by atoms with Crippen LogP contribution in [0.1, 0.15) is 12.5 Å². The van der Waals surface area contributed by atoms with Gasteiger partial charge in [-0.25, -0.2) is 4.79 Å². The van der Waals surface area contributed by atoms with Crippen LogP contribution >= 0.6 is 0 Å². The van der Waals surface area contributed by atoms with Gasteiger partial charge in [0, 0.05) is 5.56 Å². The highest BCUT2D eigenvalue weighted by Crippen LogP contribution is 2.22. The molecule has 0 aromatic heterocycles. The van der Waals surface area contributed by atoms with E-state index in [2.05, 4.69) is 0 Å². The zero-order chi connectivity index (χ0) is 12.3. The monoisotopic (exact) mass is 233 g/mol. The quantitative estimate of drug-likeness (QED) is 0.807. The van der Waals surface area contributed by atoms with Gasteiger partial charge in [0.05, 0.1) is 6.61 Å². The minimum absolute atomic E-state index is 0.0258. The molecule has 1 aliphatic rings. The molecule has 1 saturated heterocycles. The van der Waals surface area contributed by atoms with Crippen molar-refractivity contribution in [3.8, 4) is 5.75 Å². The van der Waals surface area contributed by atoms with Crippen molar-refractivity contribution >= 4 is 18.1 Å². The van der Waals surface area contributed by atoms with Gasteiger partial charge < -0.3 is 9.47 Å². The third-order valence-corrected chi connectivity index (χ3v) is 2.15. The lowest BCUT2D eigenvalue weighted by Crippen LogP contribution is -2.18. The maximum atomic E-state index is 11.3. The third kappa shape index (κ3) is 2.44. The fourth-order valence-electron chi connectivity index (χ4n) is 1.45. The average molecular weight is 233 g/mol. The van der Waals surface area contributed by atoms with E-state index in [1.807, 2.05) is 24.4 Å². The highest BCUT2D eigenvalue weighted by atomic mass is 16.6. The molecule has 0 spiro atoms. The second kappa shape index (κ2) is 4.69. The van der Waals surface area contributed by atoms with Gasteiger partial charge in [-0.15, -0.1) is 0 Å². The van der Waals surface area contributed by atoms with E-state index in [-0.39, 0.29) is 5.76 Å². The van der Waals surface area contributed by atoms with Gasteiger partial charge in [0.25, 0.3) is 5.91 Å². The van der Waals surface area contributed by atoms with Crippen LogP contribution in [0.4, 0.5) is 4.79 Å². The molecule has 0 bridgehead atoms. The minimum Gasteiger partial charge on any atom is -0.493 e. The second-order valence-corrected chi connectivity index (χ2v) is 3.32. The first-order valence-corrected chi connectivity index (χ1v) is 5.17. The molecule has 2 amide bonds. The number of hydrogen-bond donors (Lipinski definition) is 1. The summed E-state index contributed by atoms with van der Waals surface area (Å²) in [4.78, 5) is 22.1. The Morgan fingerprint density at radius 2 is 2.12 bits per heavy atom. The van der Waals surface area contributed by atoms with Crippen LogP contribution in [0.2, 0.25) is 0 Å². The van der Waals surface area contributed by atoms with Gasteiger partial charge in [-0.3, -0.25) is 10.1 Å². The lowest BCUT2D eigenvalue weighted by Gasteiger charge is -2.06. The maximum Gasteiger partial charge on any atom is 0.419 e. The summed E-state index contributed by atoms with van der Waals surface area (Å²) in [5.41, 5.74) is 0.689. The van der Waals surface area contributed by atoms with Gasteiger partial charge in [-0.05, 0) is 19.1 Å². The van der Waals surface area contributed by atoms with Gasteiger partial charge in [-0.2, -0.15) is 0 Å². The first kappa shape index (κ1) is 11.2. The first-order chi connectivity index (χ1) is 8.20. The number of amides is 2. The van der Waals surface area contributed by atoms with Crippen LogP contribution in [0, 0.1) is 0 Å². The molecule has 17 heavy (non-hydrogen) atoms. The van der Waals surface area contributed by atoms with Crippen LogP contribution in [0.15, 0.2) is 30.0 Å². The number of rotatable bonds is 3. The summed E-state index contributed by atoms with van der Waals surface area (Å²) in [6, 6.07) is 7.19. The van der Waals surface area contributed by atoms with E-state index in [0.29, 0.717) is 17.9 Å². The van der Waals surface area contributed by atoms with E-state index in [0.717, 1.165) is 0 Å². The molecule has 1 aliphatic heterocycles. The number of benzene rings is 1. The number of hydrogen-bond acceptors (Lipinski definition) is 4. The molecule has 88 valence electrons. The Balaban J connectivity index is 2.32. The fraction of sp³-hybridized carbons (Fsp3) is 0.167. The summed E-state index contributed by atoms with van der Waals surface area (Å²) in [6.07, 6.45) is 0.723. The lowest BCUT2D eigenvalue weighted by atomic mass is 10.2. The molecule has 0 radical (unpaired) electrons. The smallest absolute Gasteiger partial charge is 0.419 e. The Morgan fingerprint density at radius 1 is 1.35 bits per heavy atom. The first-order valence-electron chi connectivity index (χ1n) is 5.17. The van der Waals surface area contributed by atoms with E-state index >= 15 is 0 Å². The Morgan fingerprint density at radius 3 is 2.76 bits per heavy atom. The van der Waals surface area contributed by atoms with Gasteiger partial charge in [-0.1, -0.05) is 18.2 Å². The SMILES string of the molecule is CCOc1ccccc1/C=C1/OC(=O)NC1=O. The summed E-state index contributed by atoms with van der Waals surface area (Å²) in [7, 11) is 0. The fourth-order valence-corrected chi connectivity index (χ4v) is 1.45. The highest BCUT2D eigenvalue weighted by molar-refractivity contribution is 6.10. The molecule has 5 heteroatoms.